The van der Waals surface area contributed by atoms with Crippen LogP contribution < -0.4 is 5.73 Å². The molecule has 1 heterocycles. The summed E-state index contributed by atoms with van der Waals surface area (Å²) in [5.74, 6) is -1.23. The van der Waals surface area contributed by atoms with Crippen LogP contribution in [0.3, 0.4) is 0 Å². The first kappa shape index (κ1) is 14.6. The van der Waals surface area contributed by atoms with E-state index in [4.69, 9.17) is 10.5 Å². The highest BCUT2D eigenvalue weighted by Gasteiger charge is 2.32. The lowest BCUT2D eigenvalue weighted by molar-refractivity contribution is -0.385. The van der Waals surface area contributed by atoms with Crippen molar-refractivity contribution in [1.82, 2.24) is 4.31 Å². The average molecular weight is 305 g/mol. The minimum absolute atomic E-state index is 0.0815. The number of nitrogen functional groups attached to an aromatic ring is 1. The predicted octanol–water partition coefficient (Wildman–Crippen LogP) is 0.337. The minimum Gasteiger partial charge on any atom is -0.397 e. The molecule has 0 radical (unpaired) electrons. The van der Waals surface area contributed by atoms with Crippen LogP contribution in [-0.2, 0) is 14.8 Å². The van der Waals surface area contributed by atoms with E-state index < -0.39 is 37.0 Å². The number of benzene rings is 1. The molecule has 20 heavy (non-hydrogen) atoms. The Labute approximate surface area is 114 Å². The highest BCUT2D eigenvalue weighted by Crippen LogP contribution is 2.30. The number of hydrogen-bond donors (Lipinski definition) is 1. The molecular weight excluding hydrogens is 293 g/mol. The van der Waals surface area contributed by atoms with Crippen LogP contribution in [0, 0.1) is 15.9 Å². The van der Waals surface area contributed by atoms with E-state index in [1.54, 1.807) is 0 Å². The van der Waals surface area contributed by atoms with Gasteiger partial charge in [-0.3, -0.25) is 10.1 Å². The number of nitrogens with zero attached hydrogens (tertiary/aromatic N) is 2. The number of anilines is 1. The van der Waals surface area contributed by atoms with Gasteiger partial charge in [0.15, 0.2) is 5.82 Å². The lowest BCUT2D eigenvalue weighted by Crippen LogP contribution is -2.41. The normalized spacial score (nSPS) is 17.1. The molecule has 0 amide bonds. The SMILES string of the molecule is Nc1cc([N+](=O)[O-])cc(F)c1S(=O)(=O)N1CCOCC1. The fourth-order valence-electron chi connectivity index (χ4n) is 1.89. The Balaban J connectivity index is 2.49. The number of hydrogen-bond acceptors (Lipinski definition) is 6. The summed E-state index contributed by atoms with van der Waals surface area (Å²) in [7, 11) is -4.14. The van der Waals surface area contributed by atoms with Gasteiger partial charge in [-0.2, -0.15) is 4.31 Å². The van der Waals surface area contributed by atoms with Gasteiger partial charge >= 0.3 is 0 Å². The maximum Gasteiger partial charge on any atom is 0.274 e. The predicted molar refractivity (Wildman–Crippen MR) is 67.0 cm³/mol. The first-order valence-electron chi connectivity index (χ1n) is 5.65. The molecule has 2 N–H and O–H groups in total. The van der Waals surface area contributed by atoms with E-state index in [1.807, 2.05) is 0 Å². The lowest BCUT2D eigenvalue weighted by atomic mass is 10.3. The monoisotopic (exact) mass is 305 g/mol. The molecule has 0 aromatic heterocycles. The Bertz CT molecular complexity index is 619. The first-order chi connectivity index (χ1) is 9.34. The molecular formula is C10H12FN3O5S. The van der Waals surface area contributed by atoms with Crippen molar-refractivity contribution >= 4 is 21.4 Å². The number of rotatable bonds is 3. The molecule has 0 unspecified atom stereocenters. The van der Waals surface area contributed by atoms with Gasteiger partial charge in [-0.15, -0.1) is 0 Å². The molecule has 1 aliphatic heterocycles. The van der Waals surface area contributed by atoms with Crippen LogP contribution in [0.15, 0.2) is 17.0 Å². The van der Waals surface area contributed by atoms with E-state index in [1.165, 1.54) is 0 Å². The summed E-state index contributed by atoms with van der Waals surface area (Å²) in [5, 5.41) is 10.6. The summed E-state index contributed by atoms with van der Waals surface area (Å²) in [6.07, 6.45) is 0. The van der Waals surface area contributed by atoms with Gasteiger partial charge in [-0.1, -0.05) is 0 Å². The van der Waals surface area contributed by atoms with Gasteiger partial charge in [0.05, 0.1) is 29.9 Å². The Kier molecular flexibility index (Phi) is 3.88. The standard InChI is InChI=1S/C10H12FN3O5S/c11-8-5-7(14(15)16)6-9(12)10(8)20(17,18)13-1-3-19-4-2-13/h5-6H,1-4,12H2. The zero-order valence-corrected chi connectivity index (χ0v) is 11.1. The number of nitrogens with two attached hydrogens (primary N) is 1. The molecule has 0 spiro atoms. The van der Waals surface area contributed by atoms with Crippen molar-refractivity contribution in [2.24, 2.45) is 0 Å². The van der Waals surface area contributed by atoms with E-state index in [0.717, 1.165) is 10.4 Å². The molecule has 1 fully saturated rings. The van der Waals surface area contributed by atoms with Crippen LogP contribution in [0.4, 0.5) is 15.8 Å². The number of non-ortho nitro benzene ring substituents is 1. The maximum atomic E-state index is 13.9. The number of nitro benzene ring substituents is 1. The molecule has 1 aromatic rings. The highest BCUT2D eigenvalue weighted by atomic mass is 32.2. The molecule has 110 valence electrons. The lowest BCUT2D eigenvalue weighted by Gasteiger charge is -2.26. The summed E-state index contributed by atoms with van der Waals surface area (Å²) in [6.45, 7) is 0.567. The summed E-state index contributed by atoms with van der Waals surface area (Å²) >= 11 is 0. The molecule has 0 aliphatic carbocycles. The number of halogens is 1. The van der Waals surface area contributed by atoms with Crippen LogP contribution in [0.25, 0.3) is 0 Å². The van der Waals surface area contributed by atoms with E-state index in [0.29, 0.717) is 6.07 Å². The molecule has 2 rings (SSSR count). The molecule has 0 atom stereocenters. The van der Waals surface area contributed by atoms with Gasteiger partial charge < -0.3 is 10.5 Å². The Morgan fingerprint density at radius 3 is 2.45 bits per heavy atom. The van der Waals surface area contributed by atoms with Crippen molar-refractivity contribution in [3.05, 3.63) is 28.1 Å². The first-order valence-corrected chi connectivity index (χ1v) is 7.09. The van der Waals surface area contributed by atoms with Crippen molar-refractivity contribution in [3.63, 3.8) is 0 Å². The van der Waals surface area contributed by atoms with Gasteiger partial charge in [-0.05, 0) is 0 Å². The van der Waals surface area contributed by atoms with Crippen LogP contribution in [0.2, 0.25) is 0 Å². The quantitative estimate of drug-likeness (QED) is 0.489. The van der Waals surface area contributed by atoms with Gasteiger partial charge in [0.25, 0.3) is 5.69 Å². The van der Waals surface area contributed by atoms with E-state index >= 15 is 0 Å². The zero-order valence-electron chi connectivity index (χ0n) is 10.3. The van der Waals surface area contributed by atoms with Gasteiger partial charge in [0.1, 0.15) is 4.90 Å². The van der Waals surface area contributed by atoms with E-state index in [-0.39, 0.29) is 26.3 Å². The number of nitro groups is 1. The summed E-state index contributed by atoms with van der Waals surface area (Å²) < 4.78 is 44.5. The number of sulfonamides is 1. The second-order valence-electron chi connectivity index (χ2n) is 4.12. The summed E-state index contributed by atoms with van der Waals surface area (Å²) in [4.78, 5) is 9.00. The van der Waals surface area contributed by atoms with Crippen molar-refractivity contribution in [3.8, 4) is 0 Å². The van der Waals surface area contributed by atoms with Crippen molar-refractivity contribution in [1.29, 1.82) is 0 Å². The second kappa shape index (κ2) is 5.31. The molecule has 1 saturated heterocycles. The largest absolute Gasteiger partial charge is 0.397 e. The maximum absolute atomic E-state index is 13.9. The van der Waals surface area contributed by atoms with Crippen LogP contribution in [0.1, 0.15) is 0 Å². The number of ether oxygens (including phenoxy) is 1. The molecule has 0 saturated carbocycles. The van der Waals surface area contributed by atoms with Crippen LogP contribution >= 0.6 is 0 Å². The van der Waals surface area contributed by atoms with Crippen LogP contribution in [-0.4, -0.2) is 43.9 Å². The second-order valence-corrected chi connectivity index (χ2v) is 5.99. The van der Waals surface area contributed by atoms with Crippen LogP contribution in [0.5, 0.6) is 0 Å². The van der Waals surface area contributed by atoms with Crippen molar-refractivity contribution in [2.45, 2.75) is 4.90 Å². The van der Waals surface area contributed by atoms with Gasteiger partial charge in [0, 0.05) is 19.2 Å². The van der Waals surface area contributed by atoms with Crippen molar-refractivity contribution in [2.75, 3.05) is 32.0 Å². The number of morpholine rings is 1. The van der Waals surface area contributed by atoms with Crippen molar-refractivity contribution < 1.29 is 22.5 Å². The molecule has 8 nitrogen and oxygen atoms in total. The third kappa shape index (κ3) is 2.57. The van der Waals surface area contributed by atoms with E-state index in [9.17, 15) is 22.9 Å². The Hall–Kier alpha value is -1.78. The molecule has 1 aliphatic rings. The highest BCUT2D eigenvalue weighted by molar-refractivity contribution is 7.89. The Morgan fingerprint density at radius 1 is 1.35 bits per heavy atom. The smallest absolute Gasteiger partial charge is 0.274 e. The molecule has 10 heteroatoms. The summed E-state index contributed by atoms with van der Waals surface area (Å²) in [6, 6.07) is 1.38. The Morgan fingerprint density at radius 2 is 1.95 bits per heavy atom. The van der Waals surface area contributed by atoms with E-state index in [2.05, 4.69) is 0 Å². The fraction of sp³-hybridized carbons (Fsp3) is 0.400. The van der Waals surface area contributed by atoms with Gasteiger partial charge in [-0.25, -0.2) is 12.8 Å². The fourth-order valence-corrected chi connectivity index (χ4v) is 3.44. The molecule has 0 bridgehead atoms. The zero-order chi connectivity index (χ0) is 14.9. The topological polar surface area (TPSA) is 116 Å². The summed E-state index contributed by atoms with van der Waals surface area (Å²) in [5.41, 5.74) is 4.39. The molecule has 1 aromatic carbocycles. The average Bonchev–Trinajstić information content (AvgIpc) is 2.38. The third-order valence-corrected chi connectivity index (χ3v) is 4.83. The minimum atomic E-state index is -4.14. The van der Waals surface area contributed by atoms with Gasteiger partial charge in [0.2, 0.25) is 10.0 Å². The third-order valence-electron chi connectivity index (χ3n) is 2.84.